The minimum atomic E-state index is -1.40. The van der Waals surface area contributed by atoms with E-state index in [-0.39, 0.29) is 10.9 Å². The highest BCUT2D eigenvalue weighted by molar-refractivity contribution is 5.95. The zero-order chi connectivity index (χ0) is 18.0. The van der Waals surface area contributed by atoms with Gasteiger partial charge < -0.3 is 5.32 Å². The third-order valence-corrected chi connectivity index (χ3v) is 3.57. The highest BCUT2D eigenvalue weighted by atomic mass is 19.1. The van der Waals surface area contributed by atoms with Crippen molar-refractivity contribution in [2.75, 3.05) is 0 Å². The van der Waals surface area contributed by atoms with Crippen molar-refractivity contribution in [3.63, 3.8) is 0 Å². The molecule has 0 saturated carbocycles. The SMILES string of the molecule is N#CC(NC(=O)c1n[nH]c2ccccc2c1=O)c1ccc(F)cc1F. The Bertz CT molecular complexity index is 1070. The molecule has 124 valence electrons. The maximum atomic E-state index is 13.8. The monoisotopic (exact) mass is 340 g/mol. The van der Waals surface area contributed by atoms with Crippen LogP contribution in [0.1, 0.15) is 22.1 Å². The Hall–Kier alpha value is -3.60. The van der Waals surface area contributed by atoms with E-state index in [1.807, 2.05) is 0 Å². The molecule has 6 nitrogen and oxygen atoms in total. The molecule has 1 atom stereocenters. The summed E-state index contributed by atoms with van der Waals surface area (Å²) in [4.78, 5) is 24.6. The lowest BCUT2D eigenvalue weighted by Gasteiger charge is -2.12. The lowest BCUT2D eigenvalue weighted by Crippen LogP contribution is -2.33. The predicted molar refractivity (Wildman–Crippen MR) is 84.5 cm³/mol. The molecule has 25 heavy (non-hydrogen) atoms. The number of benzene rings is 2. The molecule has 0 spiro atoms. The maximum Gasteiger partial charge on any atom is 0.277 e. The first-order chi connectivity index (χ1) is 12.0. The van der Waals surface area contributed by atoms with Crippen LogP contribution in [0.5, 0.6) is 0 Å². The Labute approximate surface area is 139 Å². The number of amides is 1. The summed E-state index contributed by atoms with van der Waals surface area (Å²) in [5.41, 5.74) is -0.843. The fourth-order valence-corrected chi connectivity index (χ4v) is 2.34. The van der Waals surface area contributed by atoms with E-state index >= 15 is 0 Å². The molecule has 2 aromatic carbocycles. The Morgan fingerprint density at radius 2 is 2.00 bits per heavy atom. The molecule has 1 heterocycles. The molecule has 0 aliphatic heterocycles. The van der Waals surface area contributed by atoms with Crippen molar-refractivity contribution in [1.29, 1.82) is 5.26 Å². The van der Waals surface area contributed by atoms with E-state index in [1.54, 1.807) is 24.3 Å². The number of hydrogen-bond acceptors (Lipinski definition) is 4. The number of fused-ring (bicyclic) bond motifs is 1. The number of rotatable bonds is 3. The van der Waals surface area contributed by atoms with E-state index in [2.05, 4.69) is 15.5 Å². The molecule has 0 saturated heterocycles. The van der Waals surface area contributed by atoms with E-state index in [0.29, 0.717) is 11.6 Å². The summed E-state index contributed by atoms with van der Waals surface area (Å²) in [6.45, 7) is 0. The van der Waals surface area contributed by atoms with Gasteiger partial charge in [0, 0.05) is 17.0 Å². The molecule has 8 heteroatoms. The van der Waals surface area contributed by atoms with Gasteiger partial charge in [0.2, 0.25) is 5.43 Å². The van der Waals surface area contributed by atoms with Crippen LogP contribution in [-0.2, 0) is 0 Å². The van der Waals surface area contributed by atoms with Crippen molar-refractivity contribution >= 4 is 16.8 Å². The molecule has 1 aromatic heterocycles. The molecule has 0 radical (unpaired) electrons. The van der Waals surface area contributed by atoms with Crippen LogP contribution in [0, 0.1) is 23.0 Å². The van der Waals surface area contributed by atoms with Crippen LogP contribution in [-0.4, -0.2) is 16.1 Å². The molecule has 3 rings (SSSR count). The van der Waals surface area contributed by atoms with Crippen molar-refractivity contribution in [3.8, 4) is 6.07 Å². The van der Waals surface area contributed by atoms with Crippen LogP contribution in [0.2, 0.25) is 0 Å². The molecule has 0 bridgehead atoms. The quantitative estimate of drug-likeness (QED) is 0.763. The predicted octanol–water partition coefficient (Wildman–Crippen LogP) is 2.20. The summed E-state index contributed by atoms with van der Waals surface area (Å²) in [5.74, 6) is -2.73. The number of hydrogen-bond donors (Lipinski definition) is 2. The van der Waals surface area contributed by atoms with Crippen LogP contribution in [0.15, 0.2) is 47.3 Å². The van der Waals surface area contributed by atoms with Crippen LogP contribution in [0.4, 0.5) is 8.78 Å². The lowest BCUT2D eigenvalue weighted by molar-refractivity contribution is 0.0938. The molecular formula is C17H10F2N4O2. The van der Waals surface area contributed by atoms with Gasteiger partial charge in [-0.25, -0.2) is 8.78 Å². The summed E-state index contributed by atoms with van der Waals surface area (Å²) >= 11 is 0. The molecule has 3 aromatic rings. The fourth-order valence-electron chi connectivity index (χ4n) is 2.34. The second-order valence-electron chi connectivity index (χ2n) is 5.15. The van der Waals surface area contributed by atoms with Gasteiger partial charge >= 0.3 is 0 Å². The molecule has 1 amide bonds. The Balaban J connectivity index is 1.95. The van der Waals surface area contributed by atoms with E-state index < -0.39 is 34.7 Å². The zero-order valence-corrected chi connectivity index (χ0v) is 12.6. The standard InChI is InChI=1S/C17H10F2N4O2/c18-9-5-6-10(12(19)7-9)14(8-20)21-17(25)15-16(24)11-3-1-2-4-13(11)22-23-15/h1-7,14H,(H,21,25)(H,22,24). The molecule has 0 fully saturated rings. The van der Waals surface area contributed by atoms with Gasteiger partial charge in [0.1, 0.15) is 17.7 Å². The van der Waals surface area contributed by atoms with Gasteiger partial charge in [0.25, 0.3) is 5.91 Å². The summed E-state index contributed by atoms with van der Waals surface area (Å²) in [5, 5.41) is 17.9. The van der Waals surface area contributed by atoms with Crippen molar-refractivity contribution in [2.45, 2.75) is 6.04 Å². The van der Waals surface area contributed by atoms with Crippen molar-refractivity contribution in [3.05, 3.63) is 75.6 Å². The van der Waals surface area contributed by atoms with Crippen molar-refractivity contribution in [1.82, 2.24) is 15.5 Å². The molecule has 0 aliphatic rings. The second kappa shape index (κ2) is 6.49. The van der Waals surface area contributed by atoms with Crippen LogP contribution < -0.4 is 10.7 Å². The smallest absolute Gasteiger partial charge is 0.277 e. The lowest BCUT2D eigenvalue weighted by atomic mass is 10.1. The third-order valence-electron chi connectivity index (χ3n) is 3.57. The third kappa shape index (κ3) is 3.07. The largest absolute Gasteiger partial charge is 0.331 e. The molecular weight excluding hydrogens is 330 g/mol. The number of nitrogens with zero attached hydrogens (tertiary/aromatic N) is 2. The minimum Gasteiger partial charge on any atom is -0.331 e. The number of carbonyl (C=O) groups is 1. The summed E-state index contributed by atoms with van der Waals surface area (Å²) < 4.78 is 26.8. The van der Waals surface area contributed by atoms with E-state index in [4.69, 9.17) is 0 Å². The molecule has 2 N–H and O–H groups in total. The number of halogens is 2. The highest BCUT2D eigenvalue weighted by Crippen LogP contribution is 2.18. The van der Waals surface area contributed by atoms with E-state index in [9.17, 15) is 23.6 Å². The van der Waals surface area contributed by atoms with Crippen LogP contribution >= 0.6 is 0 Å². The second-order valence-corrected chi connectivity index (χ2v) is 5.15. The number of para-hydroxylation sites is 1. The van der Waals surface area contributed by atoms with Gasteiger partial charge in [0.05, 0.1) is 11.6 Å². The summed E-state index contributed by atoms with van der Waals surface area (Å²) in [6.07, 6.45) is 0. The van der Waals surface area contributed by atoms with Gasteiger partial charge in [-0.2, -0.15) is 10.4 Å². The summed E-state index contributed by atoms with van der Waals surface area (Å²) in [7, 11) is 0. The number of H-pyrrole nitrogens is 1. The minimum absolute atomic E-state index is 0.213. The van der Waals surface area contributed by atoms with Crippen LogP contribution in [0.25, 0.3) is 10.9 Å². The fraction of sp³-hybridized carbons (Fsp3) is 0.0588. The number of aromatic amines is 1. The summed E-state index contributed by atoms with van der Waals surface area (Å²) in [6, 6.07) is 9.40. The number of carbonyl (C=O) groups excluding carboxylic acids is 1. The van der Waals surface area contributed by atoms with Crippen LogP contribution in [0.3, 0.4) is 0 Å². The van der Waals surface area contributed by atoms with E-state index in [1.165, 1.54) is 6.07 Å². The Morgan fingerprint density at radius 1 is 1.24 bits per heavy atom. The average molecular weight is 340 g/mol. The van der Waals surface area contributed by atoms with Crippen molar-refractivity contribution in [2.24, 2.45) is 0 Å². The maximum absolute atomic E-state index is 13.8. The van der Waals surface area contributed by atoms with Gasteiger partial charge in [-0.15, -0.1) is 0 Å². The van der Waals surface area contributed by atoms with Gasteiger partial charge in [-0.3, -0.25) is 14.7 Å². The van der Waals surface area contributed by atoms with E-state index in [0.717, 1.165) is 12.1 Å². The number of nitriles is 1. The first-order valence-corrected chi connectivity index (χ1v) is 7.14. The zero-order valence-electron chi connectivity index (χ0n) is 12.6. The number of aromatic nitrogens is 2. The Morgan fingerprint density at radius 3 is 2.72 bits per heavy atom. The highest BCUT2D eigenvalue weighted by Gasteiger charge is 2.22. The van der Waals surface area contributed by atoms with Gasteiger partial charge in [0.15, 0.2) is 5.69 Å². The first kappa shape index (κ1) is 16.3. The average Bonchev–Trinajstić information content (AvgIpc) is 2.60. The molecule has 1 unspecified atom stereocenters. The van der Waals surface area contributed by atoms with Gasteiger partial charge in [-0.05, 0) is 18.2 Å². The Kier molecular flexibility index (Phi) is 4.22. The topological polar surface area (TPSA) is 98.6 Å². The number of nitrogens with one attached hydrogen (secondary N) is 2. The van der Waals surface area contributed by atoms with Crippen molar-refractivity contribution < 1.29 is 13.6 Å². The van der Waals surface area contributed by atoms with Gasteiger partial charge in [-0.1, -0.05) is 18.2 Å². The normalized spacial score (nSPS) is 11.7. The first-order valence-electron chi connectivity index (χ1n) is 7.14. The molecule has 0 aliphatic carbocycles.